The maximum absolute atomic E-state index is 16.2. The molecule has 29 heteroatoms. The van der Waals surface area contributed by atoms with Gasteiger partial charge in [0.1, 0.15) is 0 Å². The first-order valence-corrected chi connectivity index (χ1v) is 19.6. The van der Waals surface area contributed by atoms with Crippen molar-refractivity contribution in [2.75, 3.05) is 0 Å². The van der Waals surface area contributed by atoms with Gasteiger partial charge < -0.3 is 24.0 Å². The van der Waals surface area contributed by atoms with Crippen molar-refractivity contribution in [1.82, 2.24) is 24.5 Å². The average Bonchev–Trinajstić information content (AvgIpc) is 4.23. The number of esters is 2. The van der Waals surface area contributed by atoms with Gasteiger partial charge in [-0.25, -0.2) is 107 Å². The lowest BCUT2D eigenvalue weighted by Crippen LogP contribution is -2.09. The zero-order chi connectivity index (χ0) is 53.7. The van der Waals surface area contributed by atoms with Crippen LogP contribution in [0.3, 0.4) is 0 Å². The van der Waals surface area contributed by atoms with Gasteiger partial charge in [0, 0.05) is 46.9 Å². The Morgan fingerprint density at radius 1 is 0.351 bits per heavy atom. The second-order valence-electron chi connectivity index (χ2n) is 15.5. The Morgan fingerprint density at radius 2 is 0.622 bits per heavy atom. The van der Waals surface area contributed by atoms with Gasteiger partial charge in [-0.15, -0.1) is 0 Å². The number of halogens is 20. The van der Waals surface area contributed by atoms with E-state index in [0.29, 0.717) is 12.1 Å². The van der Waals surface area contributed by atoms with Crippen LogP contribution in [-0.2, 0) is 7.05 Å². The molecule has 9 nitrogen and oxygen atoms in total. The maximum Gasteiger partial charge on any atom is 0.364 e. The van der Waals surface area contributed by atoms with Crippen LogP contribution >= 0.6 is 0 Å². The summed E-state index contributed by atoms with van der Waals surface area (Å²) in [6.07, 6.45) is 1.57. The molecule has 8 aromatic rings. The number of aromatic amines is 2. The molecule has 2 aliphatic heterocycles. The zero-order valence-electron chi connectivity index (χ0n) is 34.8. The Bertz CT molecular complexity index is 4050. The molecule has 0 saturated heterocycles. The Kier molecular flexibility index (Phi) is 10.9. The topological polar surface area (TPSA) is 115 Å². The number of carbonyl (C=O) groups excluding carboxylic acids is 2. The molecule has 10 rings (SSSR count). The monoisotopic (exact) mass is 1060 g/mol. The van der Waals surface area contributed by atoms with Crippen LogP contribution in [0.2, 0.25) is 0 Å². The normalized spacial score (nSPS) is 12.7. The number of aryl methyl sites for hydroxylation is 1. The Labute approximate surface area is 391 Å². The molecular weight excluding hydrogens is 1050 g/mol. The van der Waals surface area contributed by atoms with E-state index < -0.39 is 229 Å². The number of hydrogen-bond acceptors (Lipinski definition) is 6. The highest BCUT2D eigenvalue weighted by atomic mass is 19.2. The van der Waals surface area contributed by atoms with Crippen molar-refractivity contribution in [2.45, 2.75) is 0 Å². The van der Waals surface area contributed by atoms with Gasteiger partial charge in [-0.05, 0) is 12.1 Å². The van der Waals surface area contributed by atoms with E-state index in [-0.39, 0.29) is 0 Å². The van der Waals surface area contributed by atoms with Gasteiger partial charge in [-0.2, -0.15) is 0 Å². The molecule has 378 valence electrons. The molecule has 0 fully saturated rings. The third-order valence-corrected chi connectivity index (χ3v) is 11.4. The van der Waals surface area contributed by atoms with E-state index in [2.05, 4.69) is 15.0 Å². The van der Waals surface area contributed by atoms with Crippen LogP contribution < -0.4 is 9.47 Å². The first-order chi connectivity index (χ1) is 34.8. The van der Waals surface area contributed by atoms with E-state index in [1.54, 1.807) is 0 Å². The van der Waals surface area contributed by atoms with Gasteiger partial charge in [-0.3, -0.25) is 0 Å². The third kappa shape index (κ3) is 6.59. The summed E-state index contributed by atoms with van der Waals surface area (Å²) >= 11 is 0. The summed E-state index contributed by atoms with van der Waals surface area (Å²) in [5.74, 6) is -64.5. The minimum absolute atomic E-state index is 0.355. The van der Waals surface area contributed by atoms with Crippen molar-refractivity contribution in [3.8, 4) is 56.3 Å². The number of nitrogens with zero attached hydrogens (tertiary/aromatic N) is 3. The maximum atomic E-state index is 16.2. The lowest BCUT2D eigenvalue weighted by atomic mass is 10.00. The number of H-pyrrole nitrogens is 2. The lowest BCUT2D eigenvalue weighted by molar-refractivity contribution is 0.0746. The lowest BCUT2D eigenvalue weighted by Gasteiger charge is -2.10. The van der Waals surface area contributed by atoms with E-state index in [1.807, 2.05) is 4.98 Å². The van der Waals surface area contributed by atoms with E-state index in [4.69, 9.17) is 9.47 Å². The van der Waals surface area contributed by atoms with Gasteiger partial charge in [-0.1, -0.05) is 0 Å². The minimum Gasteiger partial charge on any atom is -0.402 e. The third-order valence-electron chi connectivity index (χ3n) is 11.4. The highest BCUT2D eigenvalue weighted by Crippen LogP contribution is 2.48. The summed E-state index contributed by atoms with van der Waals surface area (Å²) in [6, 6.07) is 0.714. The second-order valence-corrected chi connectivity index (χ2v) is 15.5. The van der Waals surface area contributed by atoms with Crippen LogP contribution in [0.15, 0.2) is 24.5 Å². The molecule has 0 atom stereocenters. The largest absolute Gasteiger partial charge is 0.402 e. The number of benzene rings is 4. The standard InChI is InChI=1S/C45H9F20N5O4/c1-70-4-6-7(5-70)39-17(15-24(52)32(60)37(65)33(61)25(15)53)43-68-40(44(71)74-43)10(12-18(46)26(54)34(62)27(55)19(12)47)8-2-3-9(66-8)11(13-20(48)28(56)35(63)29(57)21(13)49)42-69-41(45(72)73-42)16(38(6)67-39)14-22(50)30(58)36(64)31(59)23(14)51/h2-5,66-67H,1H3. The van der Waals surface area contributed by atoms with Crippen molar-refractivity contribution in [1.29, 1.82) is 0 Å². The Morgan fingerprint density at radius 3 is 1.00 bits per heavy atom. The fraction of sp³-hybridized carbons (Fsp3) is 0.0222. The van der Waals surface area contributed by atoms with E-state index >= 15 is 70.2 Å². The van der Waals surface area contributed by atoms with Crippen LogP contribution in [0.5, 0.6) is 11.8 Å². The molecular formula is C45H9F20N5O4. The first-order valence-electron chi connectivity index (χ1n) is 19.6. The average molecular weight is 1060 g/mol. The van der Waals surface area contributed by atoms with Crippen molar-refractivity contribution in [3.05, 3.63) is 152 Å². The van der Waals surface area contributed by atoms with E-state index in [9.17, 15) is 27.2 Å². The van der Waals surface area contributed by atoms with Crippen molar-refractivity contribution >= 4 is 44.8 Å². The molecule has 0 aliphatic carbocycles. The summed E-state index contributed by atoms with van der Waals surface area (Å²) in [4.78, 5) is 39.4. The highest BCUT2D eigenvalue weighted by Gasteiger charge is 2.40. The summed E-state index contributed by atoms with van der Waals surface area (Å²) in [7, 11) is 1.06. The van der Waals surface area contributed by atoms with Gasteiger partial charge in [0.2, 0.25) is 35.0 Å². The Hall–Kier alpha value is -8.92. The molecule has 0 radical (unpaired) electrons. The zero-order valence-corrected chi connectivity index (χ0v) is 34.8. The predicted octanol–water partition coefficient (Wildman–Crippen LogP) is 12.7. The smallest absolute Gasteiger partial charge is 0.364 e. The van der Waals surface area contributed by atoms with Gasteiger partial charge >= 0.3 is 11.9 Å². The number of fused-ring (bicyclic) bond motifs is 11. The number of hydrogen-bond donors (Lipinski definition) is 2. The van der Waals surface area contributed by atoms with Crippen LogP contribution in [0.1, 0.15) is 21.0 Å². The van der Waals surface area contributed by atoms with Gasteiger partial charge in [0.25, 0.3) is 0 Å². The van der Waals surface area contributed by atoms with Crippen LogP contribution in [-0.4, -0.2) is 36.4 Å². The SMILES string of the molecule is Cn1cc2c3[nH]c(c(-c4c(F)c(F)c(F)c(F)c4F)c4nc(c(-c5c(F)c(F)c(F)c(F)c5F)c5ccc([nH]5)c(-c5c(F)c(F)c(F)c(F)c5F)c5nc(c3-c3c(F)c(F)c(F)c(F)c3F)OC5=O)OC4=O)c2c1. The molecule has 8 bridgehead atoms. The fourth-order valence-corrected chi connectivity index (χ4v) is 8.20. The van der Waals surface area contributed by atoms with Crippen LogP contribution in [0.4, 0.5) is 87.8 Å². The molecule has 4 aromatic carbocycles. The molecule has 74 heavy (non-hydrogen) atoms. The predicted molar refractivity (Wildman–Crippen MR) is 208 cm³/mol. The minimum atomic E-state index is -2.87. The number of carbonyl (C=O) groups is 2. The van der Waals surface area contributed by atoms with Crippen molar-refractivity contribution < 1.29 is 107 Å². The molecule has 0 saturated carbocycles. The highest BCUT2D eigenvalue weighted by molar-refractivity contribution is 6.18. The summed E-state index contributed by atoms with van der Waals surface area (Å²) in [6.45, 7) is 0. The molecule has 0 spiro atoms. The number of aromatic nitrogens is 5. The number of ether oxygens (including phenoxy) is 2. The number of nitrogens with one attached hydrogen (secondary N) is 2. The quantitative estimate of drug-likeness (QED) is 0.0785. The fourth-order valence-electron chi connectivity index (χ4n) is 8.20. The number of rotatable bonds is 4. The summed E-state index contributed by atoms with van der Waals surface area (Å²) in [5.41, 5.74) is -24.5. The molecule has 0 unspecified atom stereocenters. The van der Waals surface area contributed by atoms with Crippen molar-refractivity contribution in [2.24, 2.45) is 7.05 Å². The molecule has 4 aromatic heterocycles. The molecule has 6 heterocycles. The van der Waals surface area contributed by atoms with E-state index in [0.717, 1.165) is 24.0 Å². The van der Waals surface area contributed by atoms with Gasteiger partial charge in [0.05, 0.1) is 49.9 Å². The van der Waals surface area contributed by atoms with Crippen LogP contribution in [0, 0.1) is 116 Å². The Balaban J connectivity index is 1.59. The van der Waals surface area contributed by atoms with Crippen LogP contribution in [0.25, 0.3) is 77.3 Å². The van der Waals surface area contributed by atoms with E-state index in [1.165, 1.54) is 0 Å². The molecule has 2 N–H and O–H groups in total. The molecule has 0 amide bonds. The van der Waals surface area contributed by atoms with Gasteiger partial charge in [0.15, 0.2) is 104 Å². The molecule has 2 aliphatic rings. The van der Waals surface area contributed by atoms with Crippen molar-refractivity contribution in [3.63, 3.8) is 0 Å². The summed E-state index contributed by atoms with van der Waals surface area (Å²) < 4.78 is 319. The first kappa shape index (κ1) is 48.7. The summed E-state index contributed by atoms with van der Waals surface area (Å²) in [5, 5.41) is -1.59. The second kappa shape index (κ2) is 16.6.